The molecule has 0 unspecified atom stereocenters. The molecule has 0 fully saturated rings. The average molecular weight is 270 g/mol. The van der Waals surface area contributed by atoms with Crippen molar-refractivity contribution in [1.29, 1.82) is 0 Å². The zero-order chi connectivity index (χ0) is 15.0. The molecule has 106 valence electrons. The Morgan fingerprint density at radius 2 is 1.60 bits per heavy atom. The Kier molecular flexibility index (Phi) is 5.98. The van der Waals surface area contributed by atoms with Crippen LogP contribution in [-0.4, -0.2) is 6.79 Å². The summed E-state index contributed by atoms with van der Waals surface area (Å²) in [5.41, 5.74) is 2.65. The van der Waals surface area contributed by atoms with Gasteiger partial charge in [-0.1, -0.05) is 63.2 Å². The first-order valence-corrected chi connectivity index (χ1v) is 6.62. The van der Waals surface area contributed by atoms with Crippen molar-refractivity contribution in [1.82, 2.24) is 0 Å². The highest BCUT2D eigenvalue weighted by atomic mass is 16.5. The van der Waals surface area contributed by atoms with Crippen LogP contribution in [0.2, 0.25) is 0 Å². The second-order valence-corrected chi connectivity index (χ2v) is 5.55. The molecule has 0 saturated carbocycles. The van der Waals surface area contributed by atoms with Crippen molar-refractivity contribution in [2.45, 2.75) is 32.8 Å². The zero-order valence-electron chi connectivity index (χ0n) is 12.4. The van der Waals surface area contributed by atoms with Gasteiger partial charge in [-0.3, -0.25) is 0 Å². The molecule has 0 aliphatic heterocycles. The molecule has 0 saturated heterocycles. The molecule has 0 aliphatic carbocycles. The highest BCUT2D eigenvalue weighted by molar-refractivity contribution is 5.32. The van der Waals surface area contributed by atoms with Crippen molar-refractivity contribution in [3.8, 4) is 5.75 Å². The van der Waals surface area contributed by atoms with Crippen LogP contribution in [0.15, 0.2) is 54.6 Å². The third-order valence-electron chi connectivity index (χ3n) is 2.95. The van der Waals surface area contributed by atoms with Gasteiger partial charge in [-0.25, -0.2) is 0 Å². The third-order valence-corrected chi connectivity index (χ3v) is 2.95. The smallest absolute Gasteiger partial charge is 0.120 e. The van der Waals surface area contributed by atoms with Crippen LogP contribution in [0.5, 0.6) is 5.75 Å². The van der Waals surface area contributed by atoms with Gasteiger partial charge in [0, 0.05) is 0 Å². The van der Waals surface area contributed by atoms with Crippen molar-refractivity contribution in [3.63, 3.8) is 0 Å². The van der Waals surface area contributed by atoms with Gasteiger partial charge in [0.05, 0.1) is 0 Å². The lowest BCUT2D eigenvalue weighted by molar-refractivity contribution is -0.0979. The fourth-order valence-corrected chi connectivity index (χ4v) is 1.79. The van der Waals surface area contributed by atoms with E-state index in [1.807, 2.05) is 31.1 Å². The van der Waals surface area contributed by atoms with E-state index in [1.54, 1.807) is 0 Å². The highest BCUT2D eigenvalue weighted by Crippen LogP contribution is 2.25. The van der Waals surface area contributed by atoms with E-state index in [9.17, 15) is 0 Å². The van der Waals surface area contributed by atoms with Gasteiger partial charge in [-0.15, -0.1) is 0 Å². The number of benzene rings is 2. The molecule has 0 amide bonds. The summed E-state index contributed by atoms with van der Waals surface area (Å²) in [4.78, 5) is 8.00. The first-order valence-electron chi connectivity index (χ1n) is 6.62. The van der Waals surface area contributed by atoms with Gasteiger partial charge in [0.25, 0.3) is 0 Å². The van der Waals surface area contributed by atoms with Crippen molar-refractivity contribution >= 4 is 6.79 Å². The third kappa shape index (κ3) is 4.88. The molecule has 2 rings (SSSR count). The minimum atomic E-state index is 0.159. The van der Waals surface area contributed by atoms with Gasteiger partial charge in [0.2, 0.25) is 0 Å². The summed E-state index contributed by atoms with van der Waals surface area (Å²) in [5, 5.41) is 0. The van der Waals surface area contributed by atoms with E-state index in [4.69, 9.17) is 9.53 Å². The summed E-state index contributed by atoms with van der Waals surface area (Å²) in [5.74, 6) is 0.936. The van der Waals surface area contributed by atoms with Gasteiger partial charge >= 0.3 is 0 Å². The van der Waals surface area contributed by atoms with Gasteiger partial charge in [0.1, 0.15) is 19.1 Å². The van der Waals surface area contributed by atoms with Crippen LogP contribution in [0.1, 0.15) is 31.9 Å². The predicted molar refractivity (Wildman–Crippen MR) is 83.0 cm³/mol. The number of ether oxygens (including phenoxy) is 1. The maximum Gasteiger partial charge on any atom is 0.120 e. The highest BCUT2D eigenvalue weighted by Gasteiger charge is 2.13. The summed E-state index contributed by atoms with van der Waals surface area (Å²) in [6, 6.07) is 18.6. The maximum absolute atomic E-state index is 8.00. The topological polar surface area (TPSA) is 26.3 Å². The molecule has 0 aromatic heterocycles. The molecule has 2 nitrogen and oxygen atoms in total. The molecular formula is C18H22O2. The minimum Gasteiger partial charge on any atom is -0.489 e. The largest absolute Gasteiger partial charge is 0.489 e. The molecule has 2 heteroatoms. The van der Waals surface area contributed by atoms with Crippen molar-refractivity contribution in [2.24, 2.45) is 0 Å². The van der Waals surface area contributed by atoms with Crippen LogP contribution < -0.4 is 4.74 Å². The quantitative estimate of drug-likeness (QED) is 0.827. The van der Waals surface area contributed by atoms with E-state index in [0.717, 1.165) is 5.75 Å². The second kappa shape index (κ2) is 7.49. The summed E-state index contributed by atoms with van der Waals surface area (Å²) in [6.07, 6.45) is 0. The van der Waals surface area contributed by atoms with Crippen molar-refractivity contribution < 1.29 is 9.53 Å². The molecule has 0 radical (unpaired) electrons. The van der Waals surface area contributed by atoms with E-state index in [-0.39, 0.29) is 5.41 Å². The van der Waals surface area contributed by atoms with Crippen LogP contribution in [0.4, 0.5) is 0 Å². The Morgan fingerprint density at radius 3 is 2.20 bits per heavy atom. The lowest BCUT2D eigenvalue weighted by Crippen LogP contribution is -2.10. The van der Waals surface area contributed by atoms with Gasteiger partial charge in [0.15, 0.2) is 0 Å². The summed E-state index contributed by atoms with van der Waals surface area (Å²) in [7, 11) is 0. The molecule has 0 atom stereocenters. The number of rotatable bonds is 3. The minimum absolute atomic E-state index is 0.159. The van der Waals surface area contributed by atoms with Crippen LogP contribution in [0.3, 0.4) is 0 Å². The Bertz CT molecular complexity index is 512. The van der Waals surface area contributed by atoms with Gasteiger partial charge in [-0.2, -0.15) is 0 Å². The fraction of sp³-hybridized carbons (Fsp3) is 0.278. The zero-order valence-corrected chi connectivity index (χ0v) is 12.4. The van der Waals surface area contributed by atoms with Gasteiger partial charge in [-0.05, 0) is 28.7 Å². The monoisotopic (exact) mass is 270 g/mol. The fourth-order valence-electron chi connectivity index (χ4n) is 1.79. The lowest BCUT2D eigenvalue weighted by Gasteiger charge is -2.19. The molecule has 2 aromatic rings. The summed E-state index contributed by atoms with van der Waals surface area (Å²) in [6.45, 7) is 9.25. The van der Waals surface area contributed by atoms with Crippen LogP contribution in [-0.2, 0) is 16.8 Å². The summed E-state index contributed by atoms with van der Waals surface area (Å²) >= 11 is 0. The molecular weight excluding hydrogens is 248 g/mol. The van der Waals surface area contributed by atoms with Gasteiger partial charge < -0.3 is 9.53 Å². The van der Waals surface area contributed by atoms with Crippen molar-refractivity contribution in [3.05, 3.63) is 65.7 Å². The van der Waals surface area contributed by atoms with Crippen LogP contribution in [0, 0.1) is 0 Å². The SMILES string of the molecule is C=O.CC(C)(C)c1cccc(OCc2ccccc2)c1. The number of carbonyl (C=O) groups is 1. The molecule has 0 aliphatic rings. The van der Waals surface area contributed by atoms with E-state index in [0.29, 0.717) is 6.61 Å². The molecule has 20 heavy (non-hydrogen) atoms. The number of hydrogen-bond donors (Lipinski definition) is 0. The standard InChI is InChI=1S/C17H20O.CH2O/c1-17(2,3)15-10-7-11-16(12-15)18-13-14-8-5-4-6-9-14;1-2/h4-12H,13H2,1-3H3;1H2. The van der Waals surface area contributed by atoms with E-state index in [2.05, 4.69) is 51.1 Å². The predicted octanol–water partition coefficient (Wildman–Crippen LogP) is 4.38. The summed E-state index contributed by atoms with van der Waals surface area (Å²) < 4.78 is 5.83. The Labute approximate surface area is 121 Å². The first kappa shape index (κ1) is 16.0. The maximum atomic E-state index is 8.00. The van der Waals surface area contributed by atoms with E-state index in [1.165, 1.54) is 11.1 Å². The van der Waals surface area contributed by atoms with Crippen LogP contribution >= 0.6 is 0 Å². The lowest BCUT2D eigenvalue weighted by atomic mass is 9.87. The van der Waals surface area contributed by atoms with E-state index >= 15 is 0 Å². The molecule has 0 N–H and O–H groups in total. The Hall–Kier alpha value is -2.09. The molecule has 0 spiro atoms. The number of carbonyl (C=O) groups excluding carboxylic acids is 1. The number of hydrogen-bond acceptors (Lipinski definition) is 2. The van der Waals surface area contributed by atoms with Crippen LogP contribution in [0.25, 0.3) is 0 Å². The Morgan fingerprint density at radius 1 is 0.950 bits per heavy atom. The normalized spacial score (nSPS) is 10.3. The van der Waals surface area contributed by atoms with Crippen molar-refractivity contribution in [2.75, 3.05) is 0 Å². The average Bonchev–Trinajstić information content (AvgIpc) is 2.48. The molecule has 0 bridgehead atoms. The Balaban J connectivity index is 0.000000956. The molecule has 0 heterocycles. The molecule has 2 aromatic carbocycles. The first-order chi connectivity index (χ1) is 9.55. The second-order valence-electron chi connectivity index (χ2n) is 5.55. The van der Waals surface area contributed by atoms with E-state index < -0.39 is 0 Å².